The molecule has 2 N–H and O–H groups in total. The van der Waals surface area contributed by atoms with Crippen molar-refractivity contribution < 1.29 is 24.2 Å². The Bertz CT molecular complexity index is 694. The number of carbonyl (C=O) groups is 3. The molecule has 2 aliphatic rings. The van der Waals surface area contributed by atoms with Crippen LogP contribution in [0.25, 0.3) is 0 Å². The molecule has 0 spiro atoms. The van der Waals surface area contributed by atoms with Gasteiger partial charge in [-0.05, 0) is 49.4 Å². The number of hydrogen-bond acceptors (Lipinski definition) is 4. The van der Waals surface area contributed by atoms with Crippen molar-refractivity contribution in [1.82, 2.24) is 0 Å². The number of esters is 1. The van der Waals surface area contributed by atoms with Crippen molar-refractivity contribution in [2.24, 2.45) is 23.7 Å². The Hall–Kier alpha value is -2.63. The molecule has 0 heterocycles. The first-order valence-corrected chi connectivity index (χ1v) is 8.00. The van der Waals surface area contributed by atoms with Gasteiger partial charge in [0.2, 0.25) is 5.91 Å². The molecule has 2 bridgehead atoms. The highest BCUT2D eigenvalue weighted by Gasteiger charge is 2.51. The van der Waals surface area contributed by atoms with Crippen LogP contribution in [-0.4, -0.2) is 29.6 Å². The van der Waals surface area contributed by atoms with Crippen LogP contribution >= 0.6 is 0 Å². The van der Waals surface area contributed by atoms with Crippen molar-refractivity contribution in [2.75, 3.05) is 11.9 Å². The summed E-state index contributed by atoms with van der Waals surface area (Å²) in [5, 5.41) is 12.2. The number of amides is 1. The van der Waals surface area contributed by atoms with Gasteiger partial charge >= 0.3 is 11.9 Å². The minimum atomic E-state index is -0.926. The van der Waals surface area contributed by atoms with E-state index in [4.69, 9.17) is 4.74 Å². The van der Waals surface area contributed by atoms with Gasteiger partial charge in [-0.1, -0.05) is 12.2 Å². The number of nitrogens with one attached hydrogen (secondary N) is 1. The maximum Gasteiger partial charge on any atom is 0.338 e. The van der Waals surface area contributed by atoms with Gasteiger partial charge in [-0.2, -0.15) is 0 Å². The van der Waals surface area contributed by atoms with E-state index in [1.54, 1.807) is 31.2 Å². The molecule has 0 aromatic heterocycles. The molecule has 1 saturated carbocycles. The molecule has 1 fully saturated rings. The minimum absolute atomic E-state index is 0.0186. The predicted octanol–water partition coefficient (Wildman–Crippen LogP) is 2.32. The average Bonchev–Trinajstić information content (AvgIpc) is 3.16. The lowest BCUT2D eigenvalue weighted by Gasteiger charge is -2.23. The summed E-state index contributed by atoms with van der Waals surface area (Å²) in [6.07, 6.45) is 4.57. The first-order valence-electron chi connectivity index (χ1n) is 8.00. The maximum absolute atomic E-state index is 12.5. The summed E-state index contributed by atoms with van der Waals surface area (Å²) in [6, 6.07) is 6.37. The lowest BCUT2D eigenvalue weighted by molar-refractivity contribution is -0.146. The van der Waals surface area contributed by atoms with Crippen LogP contribution in [0.15, 0.2) is 36.4 Å². The number of benzene rings is 1. The molecule has 2 aliphatic carbocycles. The lowest BCUT2D eigenvalue weighted by Crippen LogP contribution is -2.36. The van der Waals surface area contributed by atoms with Gasteiger partial charge in [0.25, 0.3) is 0 Å². The minimum Gasteiger partial charge on any atom is -0.481 e. The molecule has 0 aliphatic heterocycles. The number of carboxylic acid groups (broad SMARTS) is 1. The molecule has 0 radical (unpaired) electrons. The third-order valence-electron chi connectivity index (χ3n) is 4.71. The summed E-state index contributed by atoms with van der Waals surface area (Å²) in [6.45, 7) is 2.03. The molecule has 24 heavy (non-hydrogen) atoms. The smallest absolute Gasteiger partial charge is 0.338 e. The first kappa shape index (κ1) is 16.2. The summed E-state index contributed by atoms with van der Waals surface area (Å²) in [5.41, 5.74) is 0.935. The van der Waals surface area contributed by atoms with Crippen molar-refractivity contribution >= 4 is 23.5 Å². The number of carbonyl (C=O) groups excluding carboxylic acids is 2. The Labute approximate surface area is 139 Å². The molecule has 126 valence electrons. The molecular weight excluding hydrogens is 310 g/mol. The third-order valence-corrected chi connectivity index (χ3v) is 4.71. The Morgan fingerprint density at radius 3 is 2.33 bits per heavy atom. The van der Waals surface area contributed by atoms with E-state index >= 15 is 0 Å². The molecular formula is C18H19NO5. The van der Waals surface area contributed by atoms with Crippen molar-refractivity contribution in [3.63, 3.8) is 0 Å². The number of rotatable bonds is 5. The van der Waals surface area contributed by atoms with E-state index in [-0.39, 0.29) is 17.7 Å². The third kappa shape index (κ3) is 2.91. The van der Waals surface area contributed by atoms with E-state index in [2.05, 4.69) is 5.32 Å². The van der Waals surface area contributed by atoms with Crippen LogP contribution in [-0.2, 0) is 14.3 Å². The van der Waals surface area contributed by atoms with Crippen LogP contribution in [0.5, 0.6) is 0 Å². The Balaban J connectivity index is 1.70. The molecule has 0 saturated heterocycles. The second kappa shape index (κ2) is 6.47. The number of allylic oxidation sites excluding steroid dienone is 2. The van der Waals surface area contributed by atoms with Crippen LogP contribution in [0.1, 0.15) is 23.7 Å². The van der Waals surface area contributed by atoms with Crippen LogP contribution in [0.3, 0.4) is 0 Å². The molecule has 6 heteroatoms. The fourth-order valence-electron chi connectivity index (χ4n) is 3.65. The fraction of sp³-hybridized carbons (Fsp3) is 0.389. The molecule has 6 nitrogen and oxygen atoms in total. The Kier molecular flexibility index (Phi) is 4.38. The Morgan fingerprint density at radius 1 is 1.12 bits per heavy atom. The molecule has 0 unspecified atom stereocenters. The second-order valence-electron chi connectivity index (χ2n) is 6.13. The average molecular weight is 329 g/mol. The summed E-state index contributed by atoms with van der Waals surface area (Å²) in [4.78, 5) is 35.6. The van der Waals surface area contributed by atoms with Gasteiger partial charge in [0.1, 0.15) is 0 Å². The second-order valence-corrected chi connectivity index (χ2v) is 6.13. The van der Waals surface area contributed by atoms with Gasteiger partial charge in [-0.25, -0.2) is 4.79 Å². The SMILES string of the molecule is CCOC(=O)c1ccc(NC(=O)[C@H]2[C@H](C(=O)O)[C@H]3C=C[C@H]2C3)cc1. The number of anilines is 1. The van der Waals surface area contributed by atoms with Gasteiger partial charge in [-0.15, -0.1) is 0 Å². The largest absolute Gasteiger partial charge is 0.481 e. The molecule has 1 aromatic carbocycles. The van der Waals surface area contributed by atoms with E-state index in [1.807, 2.05) is 12.2 Å². The highest BCUT2D eigenvalue weighted by molar-refractivity contribution is 5.97. The molecule has 3 rings (SSSR count). The van der Waals surface area contributed by atoms with Gasteiger partial charge in [-0.3, -0.25) is 9.59 Å². The van der Waals surface area contributed by atoms with Crippen LogP contribution in [0.2, 0.25) is 0 Å². The van der Waals surface area contributed by atoms with E-state index in [1.165, 1.54) is 0 Å². The summed E-state index contributed by atoms with van der Waals surface area (Å²) >= 11 is 0. The molecule has 4 atom stereocenters. The van der Waals surface area contributed by atoms with Gasteiger partial charge < -0.3 is 15.2 Å². The summed E-state index contributed by atoms with van der Waals surface area (Å²) in [5.74, 6) is -2.93. The van der Waals surface area contributed by atoms with Crippen molar-refractivity contribution in [1.29, 1.82) is 0 Å². The maximum atomic E-state index is 12.5. The number of carboxylic acids is 1. The number of hydrogen-bond donors (Lipinski definition) is 2. The highest BCUT2D eigenvalue weighted by Crippen LogP contribution is 2.48. The molecule has 1 amide bonds. The predicted molar refractivity (Wildman–Crippen MR) is 86.4 cm³/mol. The standard InChI is InChI=1S/C18H19NO5/c1-2-24-18(23)10-5-7-13(8-6-10)19-16(20)14-11-3-4-12(9-11)15(14)17(21)22/h3-8,11-12,14-15H,2,9H2,1H3,(H,19,20)(H,21,22)/t11-,12-,14+,15+/m0/s1. The number of fused-ring (bicyclic) bond motifs is 2. The van der Waals surface area contributed by atoms with E-state index in [0.29, 0.717) is 17.9 Å². The summed E-state index contributed by atoms with van der Waals surface area (Å²) in [7, 11) is 0. The topological polar surface area (TPSA) is 92.7 Å². The van der Waals surface area contributed by atoms with Gasteiger partial charge in [0.15, 0.2) is 0 Å². The summed E-state index contributed by atoms with van der Waals surface area (Å²) < 4.78 is 4.90. The zero-order valence-electron chi connectivity index (χ0n) is 13.3. The highest BCUT2D eigenvalue weighted by atomic mass is 16.5. The van der Waals surface area contributed by atoms with Crippen LogP contribution in [0.4, 0.5) is 5.69 Å². The molecule has 1 aromatic rings. The van der Waals surface area contributed by atoms with Crippen LogP contribution in [0, 0.1) is 23.7 Å². The van der Waals surface area contributed by atoms with Crippen molar-refractivity contribution in [3.8, 4) is 0 Å². The van der Waals surface area contributed by atoms with Gasteiger partial charge in [0.05, 0.1) is 24.0 Å². The zero-order valence-corrected chi connectivity index (χ0v) is 13.3. The van der Waals surface area contributed by atoms with E-state index < -0.39 is 23.8 Å². The van der Waals surface area contributed by atoms with Crippen LogP contribution < -0.4 is 5.32 Å². The van der Waals surface area contributed by atoms with Gasteiger partial charge in [0, 0.05) is 5.69 Å². The number of aliphatic carboxylic acids is 1. The Morgan fingerprint density at radius 2 is 1.75 bits per heavy atom. The van der Waals surface area contributed by atoms with E-state index in [0.717, 1.165) is 6.42 Å². The lowest BCUT2D eigenvalue weighted by atomic mass is 9.82. The van der Waals surface area contributed by atoms with E-state index in [9.17, 15) is 19.5 Å². The first-order chi connectivity index (χ1) is 11.5. The monoisotopic (exact) mass is 329 g/mol. The van der Waals surface area contributed by atoms with Crippen molar-refractivity contribution in [3.05, 3.63) is 42.0 Å². The normalized spacial score (nSPS) is 27.0. The van der Waals surface area contributed by atoms with Crippen molar-refractivity contribution in [2.45, 2.75) is 13.3 Å². The zero-order chi connectivity index (χ0) is 17.3. The number of ether oxygens (including phenoxy) is 1. The fourth-order valence-corrected chi connectivity index (χ4v) is 3.65. The quantitative estimate of drug-likeness (QED) is 0.639.